The van der Waals surface area contributed by atoms with Gasteiger partial charge in [-0.3, -0.25) is 4.90 Å². The molecule has 20 heavy (non-hydrogen) atoms. The van der Waals surface area contributed by atoms with Crippen LogP contribution in [-0.2, 0) is 13.0 Å². The minimum absolute atomic E-state index is 0.472. The van der Waals surface area contributed by atoms with Crippen LogP contribution in [0.15, 0.2) is 41.8 Å². The summed E-state index contributed by atoms with van der Waals surface area (Å²) in [7, 11) is 0. The molecular formula is C17H22N2S. The fourth-order valence-corrected chi connectivity index (χ4v) is 3.69. The minimum atomic E-state index is 0.472. The lowest BCUT2D eigenvalue weighted by molar-refractivity contribution is 0.244. The first-order chi connectivity index (χ1) is 9.86. The van der Waals surface area contributed by atoms with Crippen molar-refractivity contribution in [3.8, 4) is 0 Å². The highest BCUT2D eigenvalue weighted by molar-refractivity contribution is 7.09. The van der Waals surface area contributed by atoms with Crippen molar-refractivity contribution in [2.24, 2.45) is 0 Å². The summed E-state index contributed by atoms with van der Waals surface area (Å²) in [6, 6.07) is 13.7. The molecule has 0 saturated carbocycles. The van der Waals surface area contributed by atoms with Crippen molar-refractivity contribution in [1.82, 2.24) is 10.2 Å². The molecule has 0 spiro atoms. The molecule has 0 radical (unpaired) electrons. The van der Waals surface area contributed by atoms with Gasteiger partial charge in [0.25, 0.3) is 0 Å². The summed E-state index contributed by atoms with van der Waals surface area (Å²) in [5.41, 5.74) is 3.01. The molecule has 3 heteroatoms. The highest BCUT2D eigenvalue weighted by Crippen LogP contribution is 2.24. The van der Waals surface area contributed by atoms with E-state index >= 15 is 0 Å². The van der Waals surface area contributed by atoms with Gasteiger partial charge in [0.2, 0.25) is 0 Å². The van der Waals surface area contributed by atoms with Gasteiger partial charge in [0.1, 0.15) is 0 Å². The summed E-state index contributed by atoms with van der Waals surface area (Å²) in [4.78, 5) is 3.99. The highest BCUT2D eigenvalue weighted by Gasteiger charge is 2.21. The van der Waals surface area contributed by atoms with E-state index in [4.69, 9.17) is 0 Å². The smallest absolute Gasteiger partial charge is 0.0452 e. The maximum Gasteiger partial charge on any atom is 0.0452 e. The summed E-state index contributed by atoms with van der Waals surface area (Å²) in [5.74, 6) is 0. The number of hydrogen-bond acceptors (Lipinski definition) is 3. The van der Waals surface area contributed by atoms with Crippen molar-refractivity contribution in [3.63, 3.8) is 0 Å². The summed E-state index contributed by atoms with van der Waals surface area (Å²) in [6.07, 6.45) is 1.16. The molecule has 1 aliphatic rings. The fraction of sp³-hybridized carbons (Fsp3) is 0.412. The van der Waals surface area contributed by atoms with Crippen LogP contribution in [0.3, 0.4) is 0 Å². The van der Waals surface area contributed by atoms with E-state index in [-0.39, 0.29) is 0 Å². The third kappa shape index (κ3) is 3.11. The van der Waals surface area contributed by atoms with E-state index in [2.05, 4.69) is 58.9 Å². The van der Waals surface area contributed by atoms with Gasteiger partial charge in [0.15, 0.2) is 0 Å². The molecule has 0 bridgehead atoms. The number of nitrogens with one attached hydrogen (secondary N) is 1. The lowest BCUT2D eigenvalue weighted by Crippen LogP contribution is -2.38. The number of benzene rings is 1. The Morgan fingerprint density at radius 3 is 2.95 bits per heavy atom. The average molecular weight is 286 g/mol. The zero-order chi connectivity index (χ0) is 13.8. The standard InChI is InChI=1S/C17H22N2S/c1-2-19(12-15-7-5-11-20-15)13-17-16-8-4-3-6-14(16)9-10-18-17/h3-8,11,17-18H,2,9-10,12-13H2,1H3. The van der Waals surface area contributed by atoms with Gasteiger partial charge in [-0.15, -0.1) is 11.3 Å². The molecule has 0 saturated heterocycles. The maximum absolute atomic E-state index is 3.68. The van der Waals surface area contributed by atoms with Crippen LogP contribution in [0, 0.1) is 0 Å². The van der Waals surface area contributed by atoms with Crippen molar-refractivity contribution >= 4 is 11.3 Å². The van der Waals surface area contributed by atoms with Crippen LogP contribution in [0.5, 0.6) is 0 Å². The summed E-state index contributed by atoms with van der Waals surface area (Å²) in [6.45, 7) is 6.60. The van der Waals surface area contributed by atoms with Gasteiger partial charge in [-0.25, -0.2) is 0 Å². The molecule has 1 aliphatic heterocycles. The number of likely N-dealkylation sites (N-methyl/N-ethyl adjacent to an activating group) is 1. The third-order valence-electron chi connectivity index (χ3n) is 4.06. The molecule has 1 aromatic heterocycles. The molecule has 106 valence electrons. The van der Waals surface area contributed by atoms with E-state index in [0.717, 1.165) is 32.6 Å². The van der Waals surface area contributed by atoms with E-state index < -0.39 is 0 Å². The molecule has 1 atom stereocenters. The first-order valence-electron chi connectivity index (χ1n) is 7.42. The number of rotatable bonds is 5. The van der Waals surface area contributed by atoms with Crippen LogP contribution in [0.25, 0.3) is 0 Å². The Kier molecular flexibility index (Phi) is 4.51. The predicted octanol–water partition coefficient (Wildman–Crippen LogP) is 3.46. The molecule has 2 aromatic rings. The molecule has 0 amide bonds. The molecule has 2 nitrogen and oxygen atoms in total. The molecule has 0 fully saturated rings. The van der Waals surface area contributed by atoms with Crippen LogP contribution in [0.2, 0.25) is 0 Å². The normalized spacial score (nSPS) is 18.2. The van der Waals surface area contributed by atoms with Crippen LogP contribution < -0.4 is 5.32 Å². The Labute approximate surface area is 125 Å². The number of thiophene rings is 1. The summed E-state index contributed by atoms with van der Waals surface area (Å²) >= 11 is 1.85. The average Bonchev–Trinajstić information content (AvgIpc) is 3.00. The number of hydrogen-bond donors (Lipinski definition) is 1. The second kappa shape index (κ2) is 6.53. The van der Waals surface area contributed by atoms with Crippen molar-refractivity contribution in [2.75, 3.05) is 19.6 Å². The minimum Gasteiger partial charge on any atom is -0.309 e. The van der Waals surface area contributed by atoms with Crippen LogP contribution >= 0.6 is 11.3 Å². The largest absolute Gasteiger partial charge is 0.309 e. The Hall–Kier alpha value is -1.16. The molecule has 0 aliphatic carbocycles. The molecule has 1 unspecified atom stereocenters. The van der Waals surface area contributed by atoms with E-state index in [9.17, 15) is 0 Å². The Morgan fingerprint density at radius 2 is 2.15 bits per heavy atom. The zero-order valence-corrected chi connectivity index (χ0v) is 12.8. The van der Waals surface area contributed by atoms with Gasteiger partial charge < -0.3 is 5.32 Å². The molecule has 2 heterocycles. The van der Waals surface area contributed by atoms with Crippen molar-refractivity contribution in [1.29, 1.82) is 0 Å². The monoisotopic (exact) mass is 286 g/mol. The Balaban J connectivity index is 1.70. The topological polar surface area (TPSA) is 15.3 Å². The van der Waals surface area contributed by atoms with E-state index in [1.807, 2.05) is 11.3 Å². The molecule has 1 aromatic carbocycles. The highest BCUT2D eigenvalue weighted by atomic mass is 32.1. The van der Waals surface area contributed by atoms with Crippen molar-refractivity contribution in [3.05, 3.63) is 57.8 Å². The van der Waals surface area contributed by atoms with Crippen LogP contribution in [0.4, 0.5) is 0 Å². The SMILES string of the molecule is CCN(Cc1cccs1)CC1NCCc2ccccc21. The van der Waals surface area contributed by atoms with Gasteiger partial charge in [0.05, 0.1) is 0 Å². The van der Waals surface area contributed by atoms with Crippen LogP contribution in [0.1, 0.15) is 29.0 Å². The quantitative estimate of drug-likeness (QED) is 0.905. The first-order valence-corrected chi connectivity index (χ1v) is 8.30. The molecule has 3 rings (SSSR count). The number of nitrogens with zero attached hydrogens (tertiary/aromatic N) is 1. The van der Waals surface area contributed by atoms with Gasteiger partial charge >= 0.3 is 0 Å². The molecular weight excluding hydrogens is 264 g/mol. The maximum atomic E-state index is 3.68. The second-order valence-corrected chi connectivity index (χ2v) is 6.39. The van der Waals surface area contributed by atoms with E-state index in [1.165, 1.54) is 16.0 Å². The second-order valence-electron chi connectivity index (χ2n) is 5.36. The van der Waals surface area contributed by atoms with Crippen molar-refractivity contribution < 1.29 is 0 Å². The number of fused-ring (bicyclic) bond motifs is 1. The predicted molar refractivity (Wildman–Crippen MR) is 86.2 cm³/mol. The lowest BCUT2D eigenvalue weighted by atomic mass is 9.94. The van der Waals surface area contributed by atoms with E-state index in [1.54, 1.807) is 0 Å². The van der Waals surface area contributed by atoms with Crippen molar-refractivity contribution in [2.45, 2.75) is 25.9 Å². The summed E-state index contributed by atoms with van der Waals surface area (Å²) in [5, 5.41) is 5.85. The fourth-order valence-electron chi connectivity index (χ4n) is 2.94. The summed E-state index contributed by atoms with van der Waals surface area (Å²) < 4.78 is 0. The molecule has 1 N–H and O–H groups in total. The Bertz CT molecular complexity index is 536. The van der Waals surface area contributed by atoms with Crippen LogP contribution in [-0.4, -0.2) is 24.5 Å². The Morgan fingerprint density at radius 1 is 1.25 bits per heavy atom. The van der Waals surface area contributed by atoms with E-state index in [0.29, 0.717) is 6.04 Å². The van der Waals surface area contributed by atoms with Gasteiger partial charge in [-0.2, -0.15) is 0 Å². The third-order valence-corrected chi connectivity index (χ3v) is 4.92. The lowest BCUT2D eigenvalue weighted by Gasteiger charge is -2.31. The van der Waals surface area contributed by atoms with Gasteiger partial charge in [-0.05, 0) is 42.1 Å². The van der Waals surface area contributed by atoms with Gasteiger partial charge in [-0.1, -0.05) is 37.3 Å². The van der Waals surface area contributed by atoms with Gasteiger partial charge in [0, 0.05) is 24.0 Å². The zero-order valence-electron chi connectivity index (χ0n) is 12.0. The first kappa shape index (κ1) is 13.8.